The number of fused-ring (bicyclic) bond motifs is 1. The van der Waals surface area contributed by atoms with Crippen LogP contribution in [0.1, 0.15) is 12.8 Å². The quantitative estimate of drug-likeness (QED) is 0.788. The van der Waals surface area contributed by atoms with E-state index >= 15 is 0 Å². The van der Waals surface area contributed by atoms with Gasteiger partial charge in [-0.05, 0) is 25.0 Å². The third kappa shape index (κ3) is 2.55. The summed E-state index contributed by atoms with van der Waals surface area (Å²) < 4.78 is 1.17. The van der Waals surface area contributed by atoms with Crippen molar-refractivity contribution >= 4 is 27.5 Å². The van der Waals surface area contributed by atoms with Crippen molar-refractivity contribution in [2.24, 2.45) is 0 Å². The first-order valence-corrected chi connectivity index (χ1v) is 8.22. The van der Waals surface area contributed by atoms with E-state index in [1.807, 2.05) is 30.6 Å². The predicted molar refractivity (Wildman–Crippen MR) is 88.1 cm³/mol. The van der Waals surface area contributed by atoms with Crippen molar-refractivity contribution in [1.82, 2.24) is 15.0 Å². The van der Waals surface area contributed by atoms with E-state index in [2.05, 4.69) is 25.9 Å². The fraction of sp³-hybridized carbons (Fsp3) is 0.312. The van der Waals surface area contributed by atoms with Crippen LogP contribution in [-0.4, -0.2) is 39.3 Å². The van der Waals surface area contributed by atoms with Crippen molar-refractivity contribution in [2.75, 3.05) is 18.0 Å². The number of hydrogen-bond acceptors (Lipinski definition) is 6. The zero-order chi connectivity index (χ0) is 14.9. The third-order valence-corrected chi connectivity index (χ3v) is 5.01. The zero-order valence-electron chi connectivity index (χ0n) is 12.0. The fourth-order valence-electron chi connectivity index (χ4n) is 2.66. The van der Waals surface area contributed by atoms with Gasteiger partial charge in [0.1, 0.15) is 5.01 Å². The molecule has 0 saturated carbocycles. The molecule has 2 aromatic heterocycles. The first-order chi connectivity index (χ1) is 10.8. The Morgan fingerprint density at radius 1 is 1.09 bits per heavy atom. The fourth-order valence-corrected chi connectivity index (χ4v) is 3.60. The van der Waals surface area contributed by atoms with Gasteiger partial charge in [0.2, 0.25) is 5.95 Å². The Labute approximate surface area is 132 Å². The lowest BCUT2D eigenvalue weighted by Crippen LogP contribution is -2.36. The molecule has 0 radical (unpaired) electrons. The summed E-state index contributed by atoms with van der Waals surface area (Å²) in [7, 11) is 0. The zero-order valence-corrected chi connectivity index (χ0v) is 12.8. The minimum atomic E-state index is -0.182. The molecule has 1 aliphatic heterocycles. The Balaban J connectivity index is 1.58. The minimum Gasteiger partial charge on any atom is -0.393 e. The molecule has 3 heterocycles. The van der Waals surface area contributed by atoms with Gasteiger partial charge in [-0.25, -0.2) is 15.0 Å². The summed E-state index contributed by atoms with van der Waals surface area (Å²) in [6.07, 6.45) is 5.06. The maximum Gasteiger partial charge on any atom is 0.225 e. The molecule has 0 amide bonds. The first-order valence-electron chi connectivity index (χ1n) is 7.40. The van der Waals surface area contributed by atoms with Gasteiger partial charge in [-0.2, -0.15) is 0 Å². The van der Waals surface area contributed by atoms with Crippen molar-refractivity contribution in [2.45, 2.75) is 18.9 Å². The number of aliphatic hydroxyl groups is 1. The normalized spacial score (nSPS) is 16.3. The molecule has 5 nitrogen and oxygen atoms in total. The molecule has 112 valence electrons. The average Bonchev–Trinajstić information content (AvgIpc) is 3.00. The molecule has 1 N–H and O–H groups in total. The molecule has 1 fully saturated rings. The van der Waals surface area contributed by atoms with Gasteiger partial charge in [0, 0.05) is 31.0 Å². The topological polar surface area (TPSA) is 62.1 Å². The van der Waals surface area contributed by atoms with Crippen LogP contribution in [0.3, 0.4) is 0 Å². The van der Waals surface area contributed by atoms with Crippen LogP contribution in [0, 0.1) is 0 Å². The van der Waals surface area contributed by atoms with E-state index in [0.717, 1.165) is 48.0 Å². The number of nitrogens with zero attached hydrogens (tertiary/aromatic N) is 4. The number of thiazole rings is 1. The number of benzene rings is 1. The van der Waals surface area contributed by atoms with Gasteiger partial charge in [0.05, 0.1) is 16.3 Å². The van der Waals surface area contributed by atoms with E-state index in [1.54, 1.807) is 11.3 Å². The number of rotatable bonds is 2. The summed E-state index contributed by atoms with van der Waals surface area (Å²) in [6, 6.07) is 8.11. The number of para-hydroxylation sites is 1. The molecule has 0 aliphatic carbocycles. The number of anilines is 1. The minimum absolute atomic E-state index is 0.182. The molecule has 0 atom stereocenters. The monoisotopic (exact) mass is 312 g/mol. The van der Waals surface area contributed by atoms with Gasteiger partial charge in [-0.1, -0.05) is 12.1 Å². The molecular formula is C16H16N4OS. The van der Waals surface area contributed by atoms with Crippen LogP contribution in [0.25, 0.3) is 20.8 Å². The van der Waals surface area contributed by atoms with Crippen LogP contribution < -0.4 is 4.90 Å². The number of hydrogen-bond donors (Lipinski definition) is 1. The molecule has 6 heteroatoms. The molecule has 22 heavy (non-hydrogen) atoms. The molecule has 1 saturated heterocycles. The lowest BCUT2D eigenvalue weighted by Gasteiger charge is -2.29. The second-order valence-electron chi connectivity index (χ2n) is 5.48. The average molecular weight is 312 g/mol. The Hall–Kier alpha value is -2.05. The highest BCUT2D eigenvalue weighted by Gasteiger charge is 2.19. The second-order valence-corrected chi connectivity index (χ2v) is 6.51. The van der Waals surface area contributed by atoms with E-state index in [9.17, 15) is 5.11 Å². The second kappa shape index (κ2) is 5.62. The molecule has 1 aromatic carbocycles. The predicted octanol–water partition coefficient (Wildman–Crippen LogP) is 2.71. The molecule has 0 unspecified atom stereocenters. The first kappa shape index (κ1) is 13.6. The lowest BCUT2D eigenvalue weighted by atomic mass is 10.1. The molecule has 1 aliphatic rings. The molecule has 0 spiro atoms. The Kier molecular flexibility index (Phi) is 3.48. The van der Waals surface area contributed by atoms with Crippen molar-refractivity contribution in [3.63, 3.8) is 0 Å². The van der Waals surface area contributed by atoms with Crippen molar-refractivity contribution in [3.05, 3.63) is 36.7 Å². The van der Waals surface area contributed by atoms with Crippen LogP contribution in [0.2, 0.25) is 0 Å². The van der Waals surface area contributed by atoms with E-state index in [4.69, 9.17) is 0 Å². The largest absolute Gasteiger partial charge is 0.393 e. The Bertz CT molecular complexity index is 745. The van der Waals surface area contributed by atoms with Crippen molar-refractivity contribution in [1.29, 1.82) is 0 Å². The van der Waals surface area contributed by atoms with Crippen LogP contribution in [0.5, 0.6) is 0 Å². The van der Waals surface area contributed by atoms with Crippen LogP contribution in [-0.2, 0) is 0 Å². The van der Waals surface area contributed by atoms with Crippen LogP contribution in [0.15, 0.2) is 36.7 Å². The lowest BCUT2D eigenvalue weighted by molar-refractivity contribution is 0.145. The van der Waals surface area contributed by atoms with Crippen LogP contribution >= 0.6 is 11.3 Å². The van der Waals surface area contributed by atoms with Gasteiger partial charge in [-0.15, -0.1) is 11.3 Å². The summed E-state index contributed by atoms with van der Waals surface area (Å²) in [6.45, 7) is 1.61. The van der Waals surface area contributed by atoms with E-state index < -0.39 is 0 Å². The maximum atomic E-state index is 9.56. The summed E-state index contributed by atoms with van der Waals surface area (Å²) in [5.41, 5.74) is 1.96. The summed E-state index contributed by atoms with van der Waals surface area (Å²) in [5.74, 6) is 0.733. The van der Waals surface area contributed by atoms with E-state index in [-0.39, 0.29) is 6.10 Å². The highest BCUT2D eigenvalue weighted by Crippen LogP contribution is 2.29. The third-order valence-electron chi connectivity index (χ3n) is 3.93. The molecular weight excluding hydrogens is 296 g/mol. The van der Waals surface area contributed by atoms with Crippen molar-refractivity contribution < 1.29 is 5.11 Å². The number of piperidine rings is 1. The molecule has 3 aromatic rings. The summed E-state index contributed by atoms with van der Waals surface area (Å²) in [5, 5.41) is 10.5. The van der Waals surface area contributed by atoms with Gasteiger partial charge < -0.3 is 10.0 Å². The van der Waals surface area contributed by atoms with E-state index in [0.29, 0.717) is 0 Å². The Morgan fingerprint density at radius 2 is 1.82 bits per heavy atom. The highest BCUT2D eigenvalue weighted by molar-refractivity contribution is 7.21. The number of aliphatic hydroxyl groups excluding tert-OH is 1. The molecule has 0 bridgehead atoms. The SMILES string of the molecule is OC1CCN(c2ncc(-c3nc4ccccc4s3)cn2)CC1. The standard InChI is InChI=1S/C16H16N4OS/c21-12-5-7-20(8-6-12)16-17-9-11(10-18-16)15-19-13-3-1-2-4-14(13)22-15/h1-4,9-10,12,21H,5-8H2. The van der Waals surface area contributed by atoms with Crippen molar-refractivity contribution in [3.8, 4) is 10.6 Å². The van der Waals surface area contributed by atoms with Gasteiger partial charge in [0.25, 0.3) is 0 Å². The summed E-state index contributed by atoms with van der Waals surface area (Å²) in [4.78, 5) is 15.7. The van der Waals surface area contributed by atoms with Gasteiger partial charge >= 0.3 is 0 Å². The van der Waals surface area contributed by atoms with Crippen LogP contribution in [0.4, 0.5) is 5.95 Å². The summed E-state index contributed by atoms with van der Waals surface area (Å²) >= 11 is 1.65. The Morgan fingerprint density at radius 3 is 2.55 bits per heavy atom. The molecule has 4 rings (SSSR count). The highest BCUT2D eigenvalue weighted by atomic mass is 32.1. The van der Waals surface area contributed by atoms with Gasteiger partial charge in [0.15, 0.2) is 0 Å². The van der Waals surface area contributed by atoms with Gasteiger partial charge in [-0.3, -0.25) is 0 Å². The number of aromatic nitrogens is 3. The smallest absolute Gasteiger partial charge is 0.225 e. The van der Waals surface area contributed by atoms with E-state index in [1.165, 1.54) is 4.70 Å². The maximum absolute atomic E-state index is 9.56.